The molecule has 0 bridgehead atoms. The highest BCUT2D eigenvalue weighted by atomic mass is 16.4. The molecule has 0 atom stereocenters. The van der Waals surface area contributed by atoms with Crippen LogP contribution in [0, 0.1) is 6.92 Å². The molecule has 0 unspecified atom stereocenters. The van der Waals surface area contributed by atoms with Gasteiger partial charge in [-0.05, 0) is 24.1 Å². The second kappa shape index (κ2) is 5.29. The number of aromatic nitrogens is 1. The van der Waals surface area contributed by atoms with Crippen LogP contribution in [0.4, 0.5) is 0 Å². The molecule has 1 aromatic heterocycles. The van der Waals surface area contributed by atoms with Crippen LogP contribution in [0.2, 0.25) is 0 Å². The zero-order valence-corrected chi connectivity index (χ0v) is 11.6. The molecule has 3 heteroatoms. The number of carbonyl (C=O) groups is 1. The van der Waals surface area contributed by atoms with Crippen molar-refractivity contribution in [1.29, 1.82) is 0 Å². The average molecular weight is 277 g/mol. The van der Waals surface area contributed by atoms with Crippen molar-refractivity contribution in [3.63, 3.8) is 0 Å². The van der Waals surface area contributed by atoms with Crippen LogP contribution in [-0.2, 0) is 0 Å². The van der Waals surface area contributed by atoms with Gasteiger partial charge in [-0.2, -0.15) is 0 Å². The van der Waals surface area contributed by atoms with E-state index in [1.54, 1.807) is 0 Å². The molecular formula is C18H15NO2. The number of rotatable bonds is 3. The van der Waals surface area contributed by atoms with Crippen LogP contribution < -0.4 is 0 Å². The molecule has 0 fully saturated rings. The maximum absolute atomic E-state index is 11.5. The average Bonchev–Trinajstić information content (AvgIpc) is 2.94. The Morgan fingerprint density at radius 1 is 0.952 bits per heavy atom. The summed E-state index contributed by atoms with van der Waals surface area (Å²) in [4.78, 5) is 14.5. The van der Waals surface area contributed by atoms with Gasteiger partial charge in [-0.3, -0.25) is 0 Å². The summed E-state index contributed by atoms with van der Waals surface area (Å²) < 4.78 is 0. The lowest BCUT2D eigenvalue weighted by atomic mass is 10.0. The molecule has 104 valence electrons. The highest BCUT2D eigenvalue weighted by Crippen LogP contribution is 2.29. The van der Waals surface area contributed by atoms with Crippen LogP contribution >= 0.6 is 0 Å². The second-order valence-corrected chi connectivity index (χ2v) is 5.01. The largest absolute Gasteiger partial charge is 0.477 e. The Morgan fingerprint density at radius 2 is 1.62 bits per heavy atom. The van der Waals surface area contributed by atoms with Gasteiger partial charge in [0.15, 0.2) is 0 Å². The first-order valence-electron chi connectivity index (χ1n) is 6.74. The first-order chi connectivity index (χ1) is 10.1. The van der Waals surface area contributed by atoms with Crippen molar-refractivity contribution in [3.8, 4) is 22.4 Å². The first-order valence-corrected chi connectivity index (χ1v) is 6.74. The molecule has 0 aliphatic rings. The third-order valence-electron chi connectivity index (χ3n) is 3.48. The van der Waals surface area contributed by atoms with Gasteiger partial charge < -0.3 is 10.1 Å². The van der Waals surface area contributed by atoms with Crippen molar-refractivity contribution in [2.45, 2.75) is 6.92 Å². The van der Waals surface area contributed by atoms with Gasteiger partial charge in [0.05, 0.1) is 0 Å². The van der Waals surface area contributed by atoms with Crippen molar-refractivity contribution in [1.82, 2.24) is 4.98 Å². The van der Waals surface area contributed by atoms with Crippen LogP contribution in [0.1, 0.15) is 16.1 Å². The van der Waals surface area contributed by atoms with E-state index >= 15 is 0 Å². The number of benzene rings is 2. The summed E-state index contributed by atoms with van der Waals surface area (Å²) in [5.74, 6) is -0.952. The Labute approximate surface area is 122 Å². The van der Waals surface area contributed by atoms with Gasteiger partial charge in [-0.25, -0.2) is 4.79 Å². The van der Waals surface area contributed by atoms with Crippen LogP contribution in [-0.4, -0.2) is 16.1 Å². The zero-order chi connectivity index (χ0) is 14.8. The summed E-state index contributed by atoms with van der Waals surface area (Å²) in [5, 5.41) is 9.40. The fourth-order valence-electron chi connectivity index (χ4n) is 2.36. The number of nitrogens with one attached hydrogen (secondary N) is 1. The lowest BCUT2D eigenvalue weighted by molar-refractivity contribution is 0.0692. The number of H-pyrrole nitrogens is 1. The van der Waals surface area contributed by atoms with Crippen LogP contribution in [0.15, 0.2) is 60.7 Å². The highest BCUT2D eigenvalue weighted by molar-refractivity contribution is 5.96. The van der Waals surface area contributed by atoms with Gasteiger partial charge in [-0.15, -0.1) is 0 Å². The van der Waals surface area contributed by atoms with Crippen LogP contribution in [0.3, 0.4) is 0 Å². The molecule has 0 radical (unpaired) electrons. The number of hydrogen-bond donors (Lipinski definition) is 2. The van der Waals surface area contributed by atoms with E-state index in [9.17, 15) is 9.90 Å². The Hall–Kier alpha value is -2.81. The Balaban J connectivity index is 2.13. The third-order valence-corrected chi connectivity index (χ3v) is 3.48. The van der Waals surface area contributed by atoms with E-state index < -0.39 is 5.97 Å². The number of carboxylic acid groups (broad SMARTS) is 1. The lowest BCUT2D eigenvalue weighted by Gasteiger charge is -1.99. The summed E-state index contributed by atoms with van der Waals surface area (Å²) in [6, 6.07) is 19.4. The Bertz CT molecular complexity index is 771. The Morgan fingerprint density at radius 3 is 2.24 bits per heavy atom. The summed E-state index contributed by atoms with van der Waals surface area (Å²) >= 11 is 0. The molecule has 1 heterocycles. The normalized spacial score (nSPS) is 10.5. The van der Waals surface area contributed by atoms with E-state index in [4.69, 9.17) is 0 Å². The van der Waals surface area contributed by atoms with Gasteiger partial charge in [0.2, 0.25) is 0 Å². The molecule has 0 aliphatic heterocycles. The van der Waals surface area contributed by atoms with Crippen LogP contribution in [0.5, 0.6) is 0 Å². The van der Waals surface area contributed by atoms with Gasteiger partial charge >= 0.3 is 5.97 Å². The van der Waals surface area contributed by atoms with Crippen molar-refractivity contribution >= 4 is 5.97 Å². The molecule has 0 aliphatic carbocycles. The minimum absolute atomic E-state index is 0.219. The standard InChI is InChI=1S/C18H15NO2/c1-12-7-9-14(10-8-12)16-11-15(17(19-16)18(20)21)13-5-3-2-4-6-13/h2-11,19H,1H3,(H,20,21). The summed E-state index contributed by atoms with van der Waals surface area (Å²) in [5.41, 5.74) is 4.78. The SMILES string of the molecule is Cc1ccc(-c2cc(-c3ccccc3)c(C(=O)O)[nH]2)cc1. The minimum Gasteiger partial charge on any atom is -0.477 e. The number of aromatic carboxylic acids is 1. The molecule has 2 N–H and O–H groups in total. The Kier molecular flexibility index (Phi) is 3.32. The molecule has 3 aromatic rings. The lowest BCUT2D eigenvalue weighted by Crippen LogP contribution is -1.98. The van der Waals surface area contributed by atoms with Gasteiger partial charge in [0.1, 0.15) is 5.69 Å². The maximum Gasteiger partial charge on any atom is 0.352 e. The van der Waals surface area contributed by atoms with Crippen molar-refractivity contribution in [2.24, 2.45) is 0 Å². The van der Waals surface area contributed by atoms with Gasteiger partial charge in [0, 0.05) is 11.3 Å². The summed E-state index contributed by atoms with van der Waals surface area (Å²) in [7, 11) is 0. The van der Waals surface area contributed by atoms with Crippen molar-refractivity contribution in [2.75, 3.05) is 0 Å². The topological polar surface area (TPSA) is 53.1 Å². The van der Waals surface area contributed by atoms with Crippen molar-refractivity contribution < 1.29 is 9.90 Å². The fourth-order valence-corrected chi connectivity index (χ4v) is 2.36. The molecular weight excluding hydrogens is 262 g/mol. The number of hydrogen-bond acceptors (Lipinski definition) is 1. The molecule has 0 saturated heterocycles. The molecule has 0 saturated carbocycles. The van der Waals surface area contributed by atoms with E-state index in [0.29, 0.717) is 5.56 Å². The molecule has 3 rings (SSSR count). The van der Waals surface area contributed by atoms with E-state index in [1.165, 1.54) is 5.56 Å². The third kappa shape index (κ3) is 2.58. The van der Waals surface area contributed by atoms with E-state index in [0.717, 1.165) is 16.8 Å². The number of aryl methyl sites for hydroxylation is 1. The summed E-state index contributed by atoms with van der Waals surface area (Å²) in [6.45, 7) is 2.02. The number of carboxylic acids is 1. The smallest absolute Gasteiger partial charge is 0.352 e. The zero-order valence-electron chi connectivity index (χ0n) is 11.6. The highest BCUT2D eigenvalue weighted by Gasteiger charge is 2.16. The predicted octanol–water partition coefficient (Wildman–Crippen LogP) is 4.36. The summed E-state index contributed by atoms with van der Waals surface area (Å²) in [6.07, 6.45) is 0. The van der Waals surface area contributed by atoms with E-state index in [2.05, 4.69) is 4.98 Å². The predicted molar refractivity (Wildman–Crippen MR) is 83.4 cm³/mol. The minimum atomic E-state index is -0.952. The van der Waals surface area contributed by atoms with Gasteiger partial charge in [-0.1, -0.05) is 60.2 Å². The molecule has 0 spiro atoms. The first kappa shape index (κ1) is 13.2. The quantitative estimate of drug-likeness (QED) is 0.747. The van der Waals surface area contributed by atoms with Crippen LogP contribution in [0.25, 0.3) is 22.4 Å². The molecule has 2 aromatic carbocycles. The monoisotopic (exact) mass is 277 g/mol. The molecule has 3 nitrogen and oxygen atoms in total. The fraction of sp³-hybridized carbons (Fsp3) is 0.0556. The second-order valence-electron chi connectivity index (χ2n) is 5.01. The number of aromatic amines is 1. The van der Waals surface area contributed by atoms with Crippen molar-refractivity contribution in [3.05, 3.63) is 71.9 Å². The molecule has 0 amide bonds. The van der Waals surface area contributed by atoms with Gasteiger partial charge in [0.25, 0.3) is 0 Å². The molecule has 21 heavy (non-hydrogen) atoms. The van der Waals surface area contributed by atoms with E-state index in [-0.39, 0.29) is 5.69 Å². The maximum atomic E-state index is 11.5. The van der Waals surface area contributed by atoms with E-state index in [1.807, 2.05) is 67.6 Å².